The van der Waals surface area contributed by atoms with Crippen molar-refractivity contribution in [1.82, 2.24) is 24.7 Å². The Kier molecular flexibility index (Phi) is 5.33. The molecule has 2 rings (SSSR count). The van der Waals surface area contributed by atoms with Crippen molar-refractivity contribution in [3.8, 4) is 0 Å². The van der Waals surface area contributed by atoms with Crippen LogP contribution in [0.25, 0.3) is 0 Å². The molecule has 0 aromatic carbocycles. The lowest BCUT2D eigenvalue weighted by Gasteiger charge is -2.23. The lowest BCUT2D eigenvalue weighted by atomic mass is 10.1. The number of nitrogens with one attached hydrogen (secondary N) is 2. The van der Waals surface area contributed by atoms with E-state index < -0.39 is 46.5 Å². The molecule has 2 amide bonds. The smallest absolute Gasteiger partial charge is 0.334 e. The van der Waals surface area contributed by atoms with Crippen molar-refractivity contribution in [2.75, 3.05) is 27.2 Å². The van der Waals surface area contributed by atoms with Gasteiger partial charge in [-0.05, 0) is 6.92 Å². The van der Waals surface area contributed by atoms with Crippen molar-refractivity contribution in [2.45, 2.75) is 24.9 Å². The Bertz CT molecular complexity index is 732. The van der Waals surface area contributed by atoms with E-state index in [0.717, 1.165) is 14.9 Å². The third-order valence-electron chi connectivity index (χ3n) is 4.23. The third-order valence-corrected chi connectivity index (χ3v) is 6.49. The number of alkyl halides is 3. The van der Waals surface area contributed by atoms with E-state index in [1.165, 1.54) is 20.3 Å². The van der Waals surface area contributed by atoms with Crippen molar-refractivity contribution < 1.29 is 26.4 Å². The quantitative estimate of drug-likeness (QED) is 0.799. The second kappa shape index (κ2) is 6.83. The molecule has 0 bridgehead atoms. The molecule has 1 aromatic rings. The predicted molar refractivity (Wildman–Crippen MR) is 83.1 cm³/mol. The number of halogens is 3. The number of aromatic amines is 1. The van der Waals surface area contributed by atoms with E-state index in [0.29, 0.717) is 5.56 Å². The molecular weight excluding hydrogens is 363 g/mol. The molecule has 12 heteroatoms. The van der Waals surface area contributed by atoms with Gasteiger partial charge in [-0.2, -0.15) is 18.3 Å². The molecule has 2 atom stereocenters. The fourth-order valence-corrected chi connectivity index (χ4v) is 4.23. The predicted octanol–water partition coefficient (Wildman–Crippen LogP) is 0.682. The maximum atomic E-state index is 13.2. The number of aromatic nitrogens is 2. The number of sulfonamides is 1. The Hall–Kier alpha value is -1.82. The number of hydrogen-bond donors (Lipinski definition) is 2. The van der Waals surface area contributed by atoms with E-state index in [1.54, 1.807) is 6.92 Å². The first kappa shape index (κ1) is 19.5. The van der Waals surface area contributed by atoms with Gasteiger partial charge < -0.3 is 10.2 Å². The highest BCUT2D eigenvalue weighted by molar-refractivity contribution is 7.89. The first-order valence-electron chi connectivity index (χ1n) is 7.44. The van der Waals surface area contributed by atoms with Crippen molar-refractivity contribution in [1.29, 1.82) is 0 Å². The summed E-state index contributed by atoms with van der Waals surface area (Å²) in [6, 6.07) is -0.744. The normalized spacial score (nSPS) is 21.8. The van der Waals surface area contributed by atoms with Crippen LogP contribution in [0.15, 0.2) is 6.20 Å². The van der Waals surface area contributed by atoms with Crippen molar-refractivity contribution in [3.63, 3.8) is 0 Å². The summed E-state index contributed by atoms with van der Waals surface area (Å²) in [6.07, 6.45) is -3.22. The molecule has 0 unspecified atom stereocenters. The number of likely N-dealkylation sites (tertiary alicyclic amines) is 1. The van der Waals surface area contributed by atoms with Crippen LogP contribution in [0.2, 0.25) is 0 Å². The molecule has 8 nitrogen and oxygen atoms in total. The summed E-state index contributed by atoms with van der Waals surface area (Å²) in [5, 5.41) is 7.24. The van der Waals surface area contributed by atoms with Gasteiger partial charge in [-0.1, -0.05) is 0 Å². The van der Waals surface area contributed by atoms with Crippen LogP contribution in [-0.2, 0) is 16.6 Å². The summed E-state index contributed by atoms with van der Waals surface area (Å²) in [7, 11) is -1.82. The van der Waals surface area contributed by atoms with E-state index in [4.69, 9.17) is 0 Å². The van der Waals surface area contributed by atoms with Crippen LogP contribution < -0.4 is 5.32 Å². The summed E-state index contributed by atoms with van der Waals surface area (Å²) >= 11 is 0. The number of nitrogens with zero attached hydrogens (tertiary/aromatic N) is 3. The first-order valence-corrected chi connectivity index (χ1v) is 8.94. The Morgan fingerprint density at radius 2 is 2.08 bits per heavy atom. The summed E-state index contributed by atoms with van der Waals surface area (Å²) in [5.74, 6) is -2.12. The van der Waals surface area contributed by atoms with E-state index in [-0.39, 0.29) is 6.54 Å². The molecule has 1 aromatic heterocycles. The highest BCUT2D eigenvalue weighted by Gasteiger charge is 2.55. The van der Waals surface area contributed by atoms with Gasteiger partial charge in [0.2, 0.25) is 10.0 Å². The van der Waals surface area contributed by atoms with Gasteiger partial charge in [-0.25, -0.2) is 17.5 Å². The van der Waals surface area contributed by atoms with E-state index in [9.17, 15) is 26.4 Å². The van der Waals surface area contributed by atoms with Gasteiger partial charge >= 0.3 is 12.2 Å². The number of urea groups is 1. The van der Waals surface area contributed by atoms with Crippen molar-refractivity contribution in [3.05, 3.63) is 17.5 Å². The van der Waals surface area contributed by atoms with Crippen LogP contribution in [0.1, 0.15) is 11.3 Å². The number of rotatable bonds is 4. The van der Waals surface area contributed by atoms with E-state index in [2.05, 4.69) is 15.5 Å². The average Bonchev–Trinajstić information content (AvgIpc) is 3.10. The van der Waals surface area contributed by atoms with Crippen LogP contribution in [-0.4, -0.2) is 72.5 Å². The van der Waals surface area contributed by atoms with Crippen LogP contribution in [0.5, 0.6) is 0 Å². The van der Waals surface area contributed by atoms with Gasteiger partial charge in [0.1, 0.15) is 5.25 Å². The molecule has 1 aliphatic rings. The molecule has 1 fully saturated rings. The van der Waals surface area contributed by atoms with Gasteiger partial charge in [-0.15, -0.1) is 0 Å². The highest BCUT2D eigenvalue weighted by Crippen LogP contribution is 2.37. The van der Waals surface area contributed by atoms with Gasteiger partial charge in [0.25, 0.3) is 0 Å². The maximum absolute atomic E-state index is 13.2. The average molecular weight is 383 g/mol. The minimum absolute atomic E-state index is 0.0828. The summed E-state index contributed by atoms with van der Waals surface area (Å²) in [5.41, 5.74) is 1.42. The first-order chi connectivity index (χ1) is 11.4. The molecule has 25 heavy (non-hydrogen) atoms. The van der Waals surface area contributed by atoms with Gasteiger partial charge in [0.05, 0.1) is 12.1 Å². The zero-order chi connectivity index (χ0) is 19.0. The number of carbonyl (C=O) groups is 1. The molecular formula is C13H20F3N5O3S. The topological polar surface area (TPSA) is 98.4 Å². The van der Waals surface area contributed by atoms with Crippen LogP contribution in [0.3, 0.4) is 0 Å². The molecule has 2 heterocycles. The molecule has 1 aliphatic heterocycles. The number of H-pyrrole nitrogens is 1. The molecule has 1 saturated heterocycles. The number of carbonyl (C=O) groups excluding carboxylic acids is 1. The zero-order valence-electron chi connectivity index (χ0n) is 14.0. The van der Waals surface area contributed by atoms with Crippen LogP contribution >= 0.6 is 0 Å². The Balaban J connectivity index is 2.12. The van der Waals surface area contributed by atoms with Gasteiger partial charge in [0, 0.05) is 45.0 Å². The molecule has 2 N–H and O–H groups in total. The molecule has 0 radical (unpaired) electrons. The van der Waals surface area contributed by atoms with Gasteiger partial charge in [0.15, 0.2) is 0 Å². The van der Waals surface area contributed by atoms with E-state index >= 15 is 0 Å². The number of amides is 2. The van der Waals surface area contributed by atoms with E-state index in [1.807, 2.05) is 0 Å². The lowest BCUT2D eigenvalue weighted by molar-refractivity contribution is -0.169. The largest absolute Gasteiger partial charge is 0.394 e. The second-order valence-electron chi connectivity index (χ2n) is 6.10. The standard InChI is InChI=1S/C13H20F3N5O3S/c1-8-9(5-18-19-8)4-17-12(22)21-6-10(13(14,15)16)11(7-21)25(23,24)20(2)3/h5,10-11H,4,6-7H2,1-3H3,(H,17,22)(H,18,19)/t10-,11-/m1/s1. The Morgan fingerprint density at radius 1 is 1.44 bits per heavy atom. The zero-order valence-corrected chi connectivity index (χ0v) is 14.8. The van der Waals surface area contributed by atoms with Crippen molar-refractivity contribution >= 4 is 16.1 Å². The highest BCUT2D eigenvalue weighted by atomic mass is 32.2. The van der Waals surface area contributed by atoms with Crippen LogP contribution in [0, 0.1) is 12.8 Å². The molecule has 0 spiro atoms. The number of hydrogen-bond acceptors (Lipinski definition) is 4. The minimum Gasteiger partial charge on any atom is -0.334 e. The summed E-state index contributed by atoms with van der Waals surface area (Å²) in [4.78, 5) is 13.1. The number of aryl methyl sites for hydroxylation is 1. The minimum atomic E-state index is -4.72. The molecule has 0 saturated carbocycles. The lowest BCUT2D eigenvalue weighted by Crippen LogP contribution is -2.43. The Morgan fingerprint density at radius 3 is 2.56 bits per heavy atom. The fourth-order valence-electron chi connectivity index (χ4n) is 2.66. The van der Waals surface area contributed by atoms with Crippen LogP contribution in [0.4, 0.5) is 18.0 Å². The van der Waals surface area contributed by atoms with Crippen molar-refractivity contribution in [2.24, 2.45) is 5.92 Å². The maximum Gasteiger partial charge on any atom is 0.394 e. The SMILES string of the molecule is Cc1[nH]ncc1CNC(=O)N1C[C@@H](C(F)(F)F)[C@H](S(=O)(=O)N(C)C)C1. The summed E-state index contributed by atoms with van der Waals surface area (Å²) < 4.78 is 64.9. The monoisotopic (exact) mass is 383 g/mol. The molecule has 142 valence electrons. The molecule has 0 aliphatic carbocycles. The summed E-state index contributed by atoms with van der Waals surface area (Å²) in [6.45, 7) is 0.613. The fraction of sp³-hybridized carbons (Fsp3) is 0.692. The Labute approximate surface area is 143 Å². The van der Waals surface area contributed by atoms with Gasteiger partial charge in [-0.3, -0.25) is 5.10 Å². The third kappa shape index (κ3) is 4.06. The second-order valence-corrected chi connectivity index (χ2v) is 8.46.